The quantitative estimate of drug-likeness (QED) is 0.177. The predicted molar refractivity (Wildman–Crippen MR) is 152 cm³/mol. The van der Waals surface area contributed by atoms with E-state index in [9.17, 15) is 0 Å². The predicted octanol–water partition coefficient (Wildman–Crippen LogP) is 5.32. The Morgan fingerprint density at radius 2 is 1.10 bits per heavy atom. The van der Waals surface area contributed by atoms with Crippen molar-refractivity contribution in [2.24, 2.45) is 10.7 Å². The van der Waals surface area contributed by atoms with Crippen LogP contribution in [0.3, 0.4) is 0 Å². The number of hydrogen-bond donors (Lipinski definition) is 4. The summed E-state index contributed by atoms with van der Waals surface area (Å²) in [5.74, 6) is 2.79. The SMILES string of the molecule is N=C(N=C(N)c1cccc(-c2n[nH]c(-c3cccc(-c4nc(-c5ccccc5)n[nH]4)c3)n2)c1)c1ccccc1. The fraction of sp³-hybridized carbons (Fsp3) is 0. The van der Waals surface area contributed by atoms with Gasteiger partial charge in [-0.2, -0.15) is 10.2 Å². The Morgan fingerprint density at radius 1 is 0.590 bits per heavy atom. The maximum atomic E-state index is 8.24. The van der Waals surface area contributed by atoms with Crippen LogP contribution in [0.2, 0.25) is 0 Å². The van der Waals surface area contributed by atoms with Crippen molar-refractivity contribution in [3.63, 3.8) is 0 Å². The molecule has 0 saturated heterocycles. The Kier molecular flexibility index (Phi) is 6.28. The van der Waals surface area contributed by atoms with Crippen molar-refractivity contribution >= 4 is 11.7 Å². The number of nitrogens with zero attached hydrogens (tertiary/aromatic N) is 5. The van der Waals surface area contributed by atoms with Crippen LogP contribution in [0.15, 0.2) is 114 Å². The summed E-state index contributed by atoms with van der Waals surface area (Å²) in [5, 5.41) is 23.1. The molecule has 6 aromatic rings. The minimum Gasteiger partial charge on any atom is -0.383 e. The molecule has 0 aliphatic carbocycles. The third kappa shape index (κ3) is 5.09. The minimum absolute atomic E-state index is 0.0983. The Bertz CT molecular complexity index is 1780. The lowest BCUT2D eigenvalue weighted by Crippen LogP contribution is -2.16. The van der Waals surface area contributed by atoms with E-state index in [1.807, 2.05) is 109 Å². The number of aromatic nitrogens is 6. The second-order valence-corrected chi connectivity index (χ2v) is 8.75. The first kappa shape index (κ1) is 23.7. The van der Waals surface area contributed by atoms with E-state index in [0.717, 1.165) is 22.3 Å². The highest BCUT2D eigenvalue weighted by atomic mass is 15.2. The lowest BCUT2D eigenvalue weighted by molar-refractivity contribution is 1.10. The number of hydrogen-bond acceptors (Lipinski definition) is 5. The summed E-state index contributed by atoms with van der Waals surface area (Å²) < 4.78 is 0. The summed E-state index contributed by atoms with van der Waals surface area (Å²) in [6.45, 7) is 0. The maximum Gasteiger partial charge on any atom is 0.181 e. The molecule has 2 heterocycles. The fourth-order valence-electron chi connectivity index (χ4n) is 4.10. The molecule has 2 aromatic heterocycles. The molecule has 9 nitrogen and oxygen atoms in total. The van der Waals surface area contributed by atoms with E-state index < -0.39 is 0 Å². The van der Waals surface area contributed by atoms with E-state index in [2.05, 4.69) is 30.4 Å². The largest absolute Gasteiger partial charge is 0.383 e. The number of rotatable bonds is 6. The molecular formula is C30H23N9. The van der Waals surface area contributed by atoms with Gasteiger partial charge in [0.05, 0.1) is 0 Å². The van der Waals surface area contributed by atoms with Gasteiger partial charge in [0.1, 0.15) is 5.84 Å². The van der Waals surface area contributed by atoms with Crippen molar-refractivity contribution in [2.45, 2.75) is 0 Å². The fourth-order valence-corrected chi connectivity index (χ4v) is 4.10. The van der Waals surface area contributed by atoms with Gasteiger partial charge in [0.25, 0.3) is 0 Å². The van der Waals surface area contributed by atoms with Gasteiger partial charge in [-0.05, 0) is 12.1 Å². The number of aromatic amines is 2. The smallest absolute Gasteiger partial charge is 0.181 e. The van der Waals surface area contributed by atoms with Gasteiger partial charge in [-0.3, -0.25) is 15.6 Å². The summed E-state index contributed by atoms with van der Waals surface area (Å²) in [5.41, 5.74) is 11.1. The first-order valence-corrected chi connectivity index (χ1v) is 12.2. The molecule has 0 amide bonds. The van der Waals surface area contributed by atoms with Crippen LogP contribution >= 0.6 is 0 Å². The zero-order valence-corrected chi connectivity index (χ0v) is 20.7. The molecule has 5 N–H and O–H groups in total. The molecule has 9 heteroatoms. The van der Waals surface area contributed by atoms with E-state index in [1.165, 1.54) is 0 Å². The topological polar surface area (TPSA) is 145 Å². The van der Waals surface area contributed by atoms with Crippen molar-refractivity contribution in [3.8, 4) is 45.6 Å². The molecule has 0 atom stereocenters. The highest BCUT2D eigenvalue weighted by Gasteiger charge is 2.13. The average molecular weight is 510 g/mol. The van der Waals surface area contributed by atoms with Crippen LogP contribution < -0.4 is 5.73 Å². The van der Waals surface area contributed by atoms with Gasteiger partial charge in [0.2, 0.25) is 0 Å². The molecule has 0 fully saturated rings. The van der Waals surface area contributed by atoms with Gasteiger partial charge in [-0.1, -0.05) is 97.1 Å². The van der Waals surface area contributed by atoms with Crippen LogP contribution in [0.25, 0.3) is 45.6 Å². The van der Waals surface area contributed by atoms with Crippen molar-refractivity contribution in [2.75, 3.05) is 0 Å². The molecule has 188 valence electrons. The number of nitrogens with two attached hydrogens (primary N) is 1. The molecule has 39 heavy (non-hydrogen) atoms. The molecule has 0 bridgehead atoms. The van der Waals surface area contributed by atoms with Crippen molar-refractivity contribution < 1.29 is 0 Å². The van der Waals surface area contributed by atoms with Gasteiger partial charge < -0.3 is 5.73 Å². The highest BCUT2D eigenvalue weighted by Crippen LogP contribution is 2.26. The zero-order valence-electron chi connectivity index (χ0n) is 20.7. The lowest BCUT2D eigenvalue weighted by atomic mass is 10.1. The first-order chi connectivity index (χ1) is 19.1. The number of benzene rings is 4. The molecule has 4 aromatic carbocycles. The zero-order chi connectivity index (χ0) is 26.6. The van der Waals surface area contributed by atoms with Crippen molar-refractivity contribution in [3.05, 3.63) is 120 Å². The Balaban J connectivity index is 1.24. The van der Waals surface area contributed by atoms with Crippen LogP contribution in [0.4, 0.5) is 0 Å². The summed E-state index contributed by atoms with van der Waals surface area (Å²) >= 11 is 0. The normalized spacial score (nSPS) is 11.4. The molecule has 0 saturated carbocycles. The lowest BCUT2D eigenvalue weighted by Gasteiger charge is -2.04. The van der Waals surface area contributed by atoms with Crippen molar-refractivity contribution in [1.29, 1.82) is 5.41 Å². The molecule has 0 aliphatic rings. The second-order valence-electron chi connectivity index (χ2n) is 8.75. The second kappa shape index (κ2) is 10.3. The molecule has 0 unspecified atom stereocenters. The Labute approximate surface area is 224 Å². The van der Waals surface area contributed by atoms with E-state index in [4.69, 9.17) is 16.1 Å². The standard InChI is InChI=1S/C30H23N9/c31-25(19-9-3-1-4-10-19)33-26(32)21-13-7-14-22(17-21)28-35-30(39-38-28)24-16-8-15-23(18-24)29-34-27(36-37-29)20-11-5-2-6-12-20/h1-18H,(H3,31,32,33)(H,34,36,37)(H,35,38,39). The monoisotopic (exact) mass is 509 g/mol. The van der Waals surface area contributed by atoms with Gasteiger partial charge >= 0.3 is 0 Å². The molecule has 0 radical (unpaired) electrons. The van der Waals surface area contributed by atoms with Crippen LogP contribution in [-0.4, -0.2) is 42.0 Å². The third-order valence-electron chi connectivity index (χ3n) is 6.11. The molecule has 0 aliphatic heterocycles. The highest BCUT2D eigenvalue weighted by molar-refractivity contribution is 6.10. The average Bonchev–Trinajstić information content (AvgIpc) is 3.69. The number of nitrogens with one attached hydrogen (secondary N) is 3. The number of aliphatic imine (C=N–C) groups is 1. The van der Waals surface area contributed by atoms with Gasteiger partial charge in [0.15, 0.2) is 29.1 Å². The van der Waals surface area contributed by atoms with E-state index in [-0.39, 0.29) is 11.7 Å². The van der Waals surface area contributed by atoms with E-state index in [0.29, 0.717) is 34.4 Å². The summed E-state index contributed by atoms with van der Waals surface area (Å²) in [6, 6.07) is 34.4. The molecule has 0 spiro atoms. The Hall–Kier alpha value is -5.70. The molecule has 6 rings (SSSR count). The number of amidine groups is 2. The van der Waals surface area contributed by atoms with Crippen LogP contribution in [0.5, 0.6) is 0 Å². The summed E-state index contributed by atoms with van der Waals surface area (Å²) in [7, 11) is 0. The van der Waals surface area contributed by atoms with Crippen molar-refractivity contribution in [1.82, 2.24) is 30.4 Å². The Morgan fingerprint density at radius 3 is 1.77 bits per heavy atom. The first-order valence-electron chi connectivity index (χ1n) is 12.2. The van der Waals surface area contributed by atoms with E-state index >= 15 is 0 Å². The molecular weight excluding hydrogens is 486 g/mol. The third-order valence-corrected chi connectivity index (χ3v) is 6.11. The van der Waals surface area contributed by atoms with Crippen LogP contribution in [-0.2, 0) is 0 Å². The maximum absolute atomic E-state index is 8.24. The number of H-pyrrole nitrogens is 2. The van der Waals surface area contributed by atoms with Gasteiger partial charge in [-0.25, -0.2) is 15.0 Å². The van der Waals surface area contributed by atoms with Crippen LogP contribution in [0.1, 0.15) is 11.1 Å². The van der Waals surface area contributed by atoms with Gasteiger partial charge in [-0.15, -0.1) is 0 Å². The summed E-state index contributed by atoms with van der Waals surface area (Å²) in [4.78, 5) is 13.6. The van der Waals surface area contributed by atoms with E-state index in [1.54, 1.807) is 0 Å². The van der Waals surface area contributed by atoms with Crippen LogP contribution in [0, 0.1) is 5.41 Å². The van der Waals surface area contributed by atoms with Gasteiger partial charge in [0, 0.05) is 33.4 Å². The minimum atomic E-state index is 0.0983. The summed E-state index contributed by atoms with van der Waals surface area (Å²) in [6.07, 6.45) is 0.